The molecule has 1 aliphatic heterocycles. The van der Waals surface area contributed by atoms with E-state index in [1.807, 2.05) is 13.1 Å². The first kappa shape index (κ1) is 18.1. The number of phenolic OH excluding ortho intramolecular Hbond substituents is 1. The molecule has 2 aliphatic rings. The van der Waals surface area contributed by atoms with Crippen molar-refractivity contribution in [3.8, 4) is 5.75 Å². The maximum absolute atomic E-state index is 12.5. The van der Waals surface area contributed by atoms with Gasteiger partial charge in [-0.2, -0.15) is 0 Å². The first-order chi connectivity index (χ1) is 12.1. The fraction of sp³-hybridized carbons (Fsp3) is 0.650. The van der Waals surface area contributed by atoms with Crippen LogP contribution in [-0.2, 0) is 6.54 Å². The normalized spacial score (nSPS) is 20.4. The number of carbonyl (C=O) groups excluding carboxylic acids is 1. The van der Waals surface area contributed by atoms with Gasteiger partial charge in [-0.1, -0.05) is 31.4 Å². The Morgan fingerprint density at radius 3 is 2.60 bits per heavy atom. The summed E-state index contributed by atoms with van der Waals surface area (Å²) in [6.45, 7) is 3.59. The summed E-state index contributed by atoms with van der Waals surface area (Å²) in [6.07, 6.45) is 8.84. The number of hydrogen-bond acceptors (Lipinski definition) is 3. The summed E-state index contributed by atoms with van der Waals surface area (Å²) in [4.78, 5) is 16.9. The number of piperidine rings is 1. The van der Waals surface area contributed by atoms with Crippen molar-refractivity contribution in [1.29, 1.82) is 0 Å². The van der Waals surface area contributed by atoms with Crippen molar-refractivity contribution in [2.45, 2.75) is 57.0 Å². The molecule has 1 aromatic carbocycles. The van der Waals surface area contributed by atoms with Crippen LogP contribution in [0.4, 0.5) is 4.79 Å². The number of phenols is 1. The van der Waals surface area contributed by atoms with Crippen LogP contribution < -0.4 is 5.32 Å². The van der Waals surface area contributed by atoms with Gasteiger partial charge in [0, 0.05) is 25.7 Å². The Kier molecular flexibility index (Phi) is 5.84. The van der Waals surface area contributed by atoms with E-state index in [1.54, 1.807) is 23.1 Å². The van der Waals surface area contributed by atoms with Crippen molar-refractivity contribution in [3.05, 3.63) is 29.8 Å². The van der Waals surface area contributed by atoms with Crippen LogP contribution >= 0.6 is 0 Å². The zero-order valence-corrected chi connectivity index (χ0v) is 15.3. The van der Waals surface area contributed by atoms with Gasteiger partial charge in [0.2, 0.25) is 0 Å². The number of benzene rings is 1. The average Bonchev–Trinajstić information content (AvgIpc) is 3.10. The number of amides is 2. The molecule has 0 spiro atoms. The lowest BCUT2D eigenvalue weighted by molar-refractivity contribution is 0.0703. The minimum Gasteiger partial charge on any atom is -0.508 e. The van der Waals surface area contributed by atoms with E-state index < -0.39 is 0 Å². The number of rotatable bonds is 5. The Morgan fingerprint density at radius 2 is 1.92 bits per heavy atom. The summed E-state index contributed by atoms with van der Waals surface area (Å²) < 4.78 is 0. The Balaban J connectivity index is 1.56. The van der Waals surface area contributed by atoms with Gasteiger partial charge in [-0.25, -0.2) is 4.79 Å². The topological polar surface area (TPSA) is 55.8 Å². The largest absolute Gasteiger partial charge is 0.508 e. The van der Waals surface area contributed by atoms with Crippen molar-refractivity contribution < 1.29 is 9.90 Å². The van der Waals surface area contributed by atoms with Crippen LogP contribution in [0.1, 0.15) is 50.5 Å². The van der Waals surface area contributed by atoms with Crippen LogP contribution in [0.15, 0.2) is 24.3 Å². The minimum absolute atomic E-state index is 0.0355. The highest BCUT2D eigenvalue weighted by molar-refractivity contribution is 5.74. The van der Waals surface area contributed by atoms with Crippen molar-refractivity contribution in [3.63, 3.8) is 0 Å². The van der Waals surface area contributed by atoms with Crippen molar-refractivity contribution in [2.24, 2.45) is 0 Å². The van der Waals surface area contributed by atoms with Crippen LogP contribution in [0.3, 0.4) is 0 Å². The molecule has 0 atom stereocenters. The smallest absolute Gasteiger partial charge is 0.317 e. The highest BCUT2D eigenvalue weighted by Gasteiger charge is 2.40. The number of aromatic hydroxyl groups is 1. The molecule has 0 bridgehead atoms. The lowest BCUT2D eigenvalue weighted by atomic mass is 9.92. The van der Waals surface area contributed by atoms with Crippen LogP contribution in [-0.4, -0.2) is 53.2 Å². The van der Waals surface area contributed by atoms with Gasteiger partial charge in [-0.3, -0.25) is 4.90 Å². The second kappa shape index (κ2) is 8.09. The molecule has 2 amide bonds. The molecule has 5 heteroatoms. The number of hydrogen-bond donors (Lipinski definition) is 2. The lowest BCUT2D eigenvalue weighted by Gasteiger charge is -2.44. The monoisotopic (exact) mass is 345 g/mol. The number of urea groups is 1. The Labute approximate surface area is 151 Å². The summed E-state index contributed by atoms with van der Waals surface area (Å²) in [6, 6.07) is 7.05. The first-order valence-electron chi connectivity index (χ1n) is 9.61. The Bertz CT molecular complexity index is 578. The maximum Gasteiger partial charge on any atom is 0.317 e. The number of nitrogens with zero attached hydrogens (tertiary/aromatic N) is 2. The maximum atomic E-state index is 12.5. The van der Waals surface area contributed by atoms with Gasteiger partial charge in [0.1, 0.15) is 5.75 Å². The van der Waals surface area contributed by atoms with Gasteiger partial charge in [0.25, 0.3) is 0 Å². The van der Waals surface area contributed by atoms with Crippen LogP contribution in [0, 0.1) is 0 Å². The van der Waals surface area contributed by atoms with Crippen molar-refractivity contribution >= 4 is 6.03 Å². The molecule has 5 nitrogen and oxygen atoms in total. The Hall–Kier alpha value is -1.75. The molecule has 1 heterocycles. The van der Waals surface area contributed by atoms with E-state index in [0.29, 0.717) is 6.54 Å². The van der Waals surface area contributed by atoms with E-state index in [9.17, 15) is 9.90 Å². The predicted octanol–water partition coefficient (Wildman–Crippen LogP) is 3.33. The van der Waals surface area contributed by atoms with Crippen LogP contribution in [0.25, 0.3) is 0 Å². The van der Waals surface area contributed by atoms with Gasteiger partial charge >= 0.3 is 6.03 Å². The van der Waals surface area contributed by atoms with Gasteiger partial charge in [-0.15, -0.1) is 0 Å². The number of nitrogens with one attached hydrogen (secondary N) is 1. The van der Waals surface area contributed by atoms with E-state index >= 15 is 0 Å². The van der Waals surface area contributed by atoms with Crippen LogP contribution in [0.2, 0.25) is 0 Å². The molecular formula is C20H31N3O2. The third kappa shape index (κ3) is 4.46. The van der Waals surface area contributed by atoms with Crippen LogP contribution in [0.5, 0.6) is 5.75 Å². The van der Waals surface area contributed by atoms with Gasteiger partial charge in [0.05, 0.1) is 0 Å². The quantitative estimate of drug-likeness (QED) is 0.861. The predicted molar refractivity (Wildman–Crippen MR) is 99.6 cm³/mol. The molecule has 2 N–H and O–H groups in total. The van der Waals surface area contributed by atoms with Crippen molar-refractivity contribution in [2.75, 3.05) is 26.7 Å². The van der Waals surface area contributed by atoms with Gasteiger partial charge < -0.3 is 15.3 Å². The fourth-order valence-electron chi connectivity index (χ4n) is 4.38. The molecule has 3 rings (SSSR count). The number of carbonyl (C=O) groups is 1. The molecule has 1 saturated carbocycles. The SMILES string of the molecule is CN(Cc1cccc(O)c1)C(=O)NCC1(N2CCCCC2)CCCC1. The molecule has 0 unspecified atom stereocenters. The molecule has 2 fully saturated rings. The molecule has 25 heavy (non-hydrogen) atoms. The molecule has 1 aromatic rings. The van der Waals surface area contributed by atoms with E-state index in [4.69, 9.17) is 0 Å². The summed E-state index contributed by atoms with van der Waals surface area (Å²) in [5.74, 6) is 0.237. The second-order valence-corrected chi connectivity index (χ2v) is 7.66. The zero-order chi connectivity index (χ0) is 17.7. The fourth-order valence-corrected chi connectivity index (χ4v) is 4.38. The zero-order valence-electron chi connectivity index (χ0n) is 15.3. The minimum atomic E-state index is -0.0355. The molecule has 1 saturated heterocycles. The van der Waals surface area contributed by atoms with E-state index in [2.05, 4.69) is 10.2 Å². The molecule has 1 aliphatic carbocycles. The Morgan fingerprint density at radius 1 is 1.20 bits per heavy atom. The standard InChI is InChI=1S/C20H31N3O2/c1-22(15-17-8-7-9-18(24)14-17)19(25)21-16-20(10-3-4-11-20)23-12-5-2-6-13-23/h7-9,14,24H,2-6,10-13,15-16H2,1H3,(H,21,25). The highest BCUT2D eigenvalue weighted by Crippen LogP contribution is 2.36. The lowest BCUT2D eigenvalue weighted by Crippen LogP contribution is -2.56. The third-order valence-electron chi connectivity index (χ3n) is 5.81. The van der Waals surface area contributed by atoms with E-state index in [1.165, 1.54) is 58.0 Å². The van der Waals surface area contributed by atoms with Gasteiger partial charge in [0.15, 0.2) is 0 Å². The summed E-state index contributed by atoms with van der Waals surface area (Å²) >= 11 is 0. The van der Waals surface area contributed by atoms with Gasteiger partial charge in [-0.05, 0) is 56.5 Å². The second-order valence-electron chi connectivity index (χ2n) is 7.66. The van der Waals surface area contributed by atoms with E-state index in [0.717, 1.165) is 12.1 Å². The first-order valence-corrected chi connectivity index (χ1v) is 9.61. The molecular weight excluding hydrogens is 314 g/mol. The van der Waals surface area contributed by atoms with E-state index in [-0.39, 0.29) is 17.3 Å². The summed E-state index contributed by atoms with van der Waals surface area (Å²) in [7, 11) is 1.81. The average molecular weight is 345 g/mol. The summed E-state index contributed by atoms with van der Waals surface area (Å²) in [5.41, 5.74) is 1.10. The molecule has 138 valence electrons. The highest BCUT2D eigenvalue weighted by atomic mass is 16.3. The molecule has 0 radical (unpaired) electrons. The van der Waals surface area contributed by atoms with Crippen molar-refractivity contribution in [1.82, 2.24) is 15.1 Å². The third-order valence-corrected chi connectivity index (χ3v) is 5.81. The number of likely N-dealkylation sites (tertiary alicyclic amines) is 1. The summed E-state index contributed by atoms with van der Waals surface area (Å²) in [5, 5.41) is 12.7. The molecule has 0 aromatic heterocycles.